The average molecular weight is 255 g/mol. The summed E-state index contributed by atoms with van der Waals surface area (Å²) in [5.74, 6) is 0.370. The van der Waals surface area contributed by atoms with Crippen LogP contribution in [-0.2, 0) is 4.79 Å². The van der Waals surface area contributed by atoms with Gasteiger partial charge in [0.25, 0.3) is 0 Å². The molecule has 98 valence electrons. The van der Waals surface area contributed by atoms with Crippen LogP contribution in [0.1, 0.15) is 38.3 Å². The number of carbonyl (C=O) groups is 1. The monoisotopic (exact) mass is 255 g/mol. The summed E-state index contributed by atoms with van der Waals surface area (Å²) in [4.78, 5) is 11.2. The van der Waals surface area contributed by atoms with Crippen LogP contribution in [-0.4, -0.2) is 10.4 Å². The summed E-state index contributed by atoms with van der Waals surface area (Å²) < 4.78 is 7.42. The number of hydrogen-bond donors (Lipinski definition) is 0. The Hall–Kier alpha value is -2.03. The Balaban J connectivity index is 2.14. The fourth-order valence-corrected chi connectivity index (χ4v) is 2.68. The maximum atomic E-state index is 11.2. The van der Waals surface area contributed by atoms with Crippen molar-refractivity contribution in [2.45, 2.75) is 32.6 Å². The van der Waals surface area contributed by atoms with Gasteiger partial charge in [-0.1, -0.05) is 12.1 Å². The summed E-state index contributed by atoms with van der Waals surface area (Å²) in [5, 5.41) is 0. The molecule has 2 aromatic heterocycles. The van der Waals surface area contributed by atoms with Crippen LogP contribution < -0.4 is 4.74 Å². The van der Waals surface area contributed by atoms with Gasteiger partial charge in [-0.05, 0) is 43.4 Å². The predicted molar refractivity (Wildman–Crippen MR) is 75.2 cm³/mol. The molecule has 1 aliphatic rings. The number of rotatable bonds is 2. The second-order valence-corrected chi connectivity index (χ2v) is 4.92. The molecule has 0 bridgehead atoms. The standard InChI is InChI=1S/C16H17NO2/c1-12(18)19-16-11-15(13-7-3-2-4-8-13)17-10-6-5-9-14(16)17/h5-7,9-11H,2-4,8H2,1H3. The van der Waals surface area contributed by atoms with E-state index in [4.69, 9.17) is 4.74 Å². The minimum Gasteiger partial charge on any atom is -0.424 e. The van der Waals surface area contributed by atoms with Crippen molar-refractivity contribution >= 4 is 17.1 Å². The van der Waals surface area contributed by atoms with Gasteiger partial charge in [-0.15, -0.1) is 0 Å². The van der Waals surface area contributed by atoms with Gasteiger partial charge in [0, 0.05) is 19.2 Å². The molecule has 0 atom stereocenters. The topological polar surface area (TPSA) is 30.7 Å². The molecule has 0 amide bonds. The first-order valence-electron chi connectivity index (χ1n) is 6.73. The van der Waals surface area contributed by atoms with E-state index in [0.29, 0.717) is 5.75 Å². The molecule has 19 heavy (non-hydrogen) atoms. The van der Waals surface area contributed by atoms with E-state index >= 15 is 0 Å². The molecular formula is C16H17NO2. The first kappa shape index (κ1) is 12.0. The highest BCUT2D eigenvalue weighted by Gasteiger charge is 2.15. The second-order valence-electron chi connectivity index (χ2n) is 4.92. The van der Waals surface area contributed by atoms with Crippen molar-refractivity contribution in [2.75, 3.05) is 0 Å². The van der Waals surface area contributed by atoms with Gasteiger partial charge in [0.2, 0.25) is 0 Å². The zero-order chi connectivity index (χ0) is 13.2. The summed E-state index contributed by atoms with van der Waals surface area (Å²) in [6.07, 6.45) is 9.06. The molecule has 0 spiro atoms. The van der Waals surface area contributed by atoms with Crippen LogP contribution in [0.4, 0.5) is 0 Å². The van der Waals surface area contributed by atoms with E-state index < -0.39 is 0 Å². The van der Waals surface area contributed by atoms with Crippen LogP contribution in [0.15, 0.2) is 36.5 Å². The lowest BCUT2D eigenvalue weighted by Gasteiger charge is -2.12. The van der Waals surface area contributed by atoms with E-state index in [2.05, 4.69) is 10.5 Å². The maximum absolute atomic E-state index is 11.2. The van der Waals surface area contributed by atoms with Crippen LogP contribution in [0.2, 0.25) is 0 Å². The van der Waals surface area contributed by atoms with Crippen LogP contribution in [0, 0.1) is 0 Å². The van der Waals surface area contributed by atoms with Crippen molar-refractivity contribution in [1.82, 2.24) is 4.40 Å². The van der Waals surface area contributed by atoms with Crippen LogP contribution >= 0.6 is 0 Å². The number of esters is 1. The molecule has 3 nitrogen and oxygen atoms in total. The van der Waals surface area contributed by atoms with Gasteiger partial charge < -0.3 is 9.14 Å². The summed E-state index contributed by atoms with van der Waals surface area (Å²) >= 11 is 0. The van der Waals surface area contributed by atoms with Crippen LogP contribution in [0.25, 0.3) is 11.1 Å². The fourth-order valence-electron chi connectivity index (χ4n) is 2.68. The van der Waals surface area contributed by atoms with E-state index in [9.17, 15) is 4.79 Å². The molecule has 0 saturated heterocycles. The number of carbonyl (C=O) groups excluding carboxylic acids is 1. The Kier molecular flexibility index (Phi) is 3.11. The molecule has 2 aromatic rings. The third-order valence-electron chi connectivity index (χ3n) is 3.51. The molecule has 0 aromatic carbocycles. The van der Waals surface area contributed by atoms with Gasteiger partial charge in [0.15, 0.2) is 5.75 Å². The van der Waals surface area contributed by atoms with Crippen molar-refractivity contribution in [3.63, 3.8) is 0 Å². The molecule has 0 aliphatic heterocycles. The van der Waals surface area contributed by atoms with Crippen molar-refractivity contribution in [1.29, 1.82) is 0 Å². The van der Waals surface area contributed by atoms with Gasteiger partial charge in [-0.3, -0.25) is 4.79 Å². The number of pyridine rings is 1. The summed E-state index contributed by atoms with van der Waals surface area (Å²) in [6, 6.07) is 7.91. The molecule has 0 saturated carbocycles. The Morgan fingerprint density at radius 1 is 1.32 bits per heavy atom. The largest absolute Gasteiger partial charge is 0.424 e. The SMILES string of the molecule is CC(=O)Oc1cc(C2=CCCCC2)n2ccccc12. The normalized spacial score (nSPS) is 15.3. The number of nitrogens with zero attached hydrogens (tertiary/aromatic N) is 1. The third kappa shape index (κ3) is 2.28. The molecule has 0 unspecified atom stereocenters. The third-order valence-corrected chi connectivity index (χ3v) is 3.51. The number of fused-ring (bicyclic) bond motifs is 1. The highest BCUT2D eigenvalue weighted by Crippen LogP contribution is 2.33. The average Bonchev–Trinajstić information content (AvgIpc) is 2.78. The van der Waals surface area contributed by atoms with Gasteiger partial charge in [0.1, 0.15) is 0 Å². The smallest absolute Gasteiger partial charge is 0.308 e. The first-order chi connectivity index (χ1) is 9.25. The summed E-state index contributed by atoms with van der Waals surface area (Å²) in [6.45, 7) is 1.44. The molecule has 0 N–H and O–H groups in total. The molecule has 1 aliphatic carbocycles. The van der Waals surface area contributed by atoms with Crippen molar-refractivity contribution in [2.24, 2.45) is 0 Å². The lowest BCUT2D eigenvalue weighted by Crippen LogP contribution is -2.00. The quantitative estimate of drug-likeness (QED) is 0.764. The van der Waals surface area contributed by atoms with Crippen molar-refractivity contribution in [3.8, 4) is 5.75 Å². The van der Waals surface area contributed by atoms with E-state index in [1.807, 2.05) is 30.5 Å². The zero-order valence-corrected chi connectivity index (χ0v) is 11.1. The van der Waals surface area contributed by atoms with E-state index in [0.717, 1.165) is 24.1 Å². The first-order valence-corrected chi connectivity index (χ1v) is 6.73. The lowest BCUT2D eigenvalue weighted by atomic mass is 9.97. The lowest BCUT2D eigenvalue weighted by molar-refractivity contribution is -0.131. The Labute approximate surface area is 112 Å². The highest BCUT2D eigenvalue weighted by atomic mass is 16.5. The highest BCUT2D eigenvalue weighted by molar-refractivity contribution is 5.78. The molecule has 0 fully saturated rings. The Morgan fingerprint density at radius 3 is 2.95 bits per heavy atom. The molecule has 2 heterocycles. The summed E-state index contributed by atoms with van der Waals surface area (Å²) in [7, 11) is 0. The minimum atomic E-state index is -0.277. The van der Waals surface area contributed by atoms with Crippen molar-refractivity contribution in [3.05, 3.63) is 42.2 Å². The Morgan fingerprint density at radius 2 is 2.21 bits per heavy atom. The fraction of sp³-hybridized carbons (Fsp3) is 0.312. The van der Waals surface area contributed by atoms with Gasteiger partial charge in [-0.2, -0.15) is 0 Å². The number of hydrogen-bond acceptors (Lipinski definition) is 2. The summed E-state index contributed by atoms with van der Waals surface area (Å²) in [5.41, 5.74) is 3.44. The van der Waals surface area contributed by atoms with Crippen LogP contribution in [0.3, 0.4) is 0 Å². The zero-order valence-electron chi connectivity index (χ0n) is 11.1. The maximum Gasteiger partial charge on any atom is 0.308 e. The number of ether oxygens (including phenoxy) is 1. The van der Waals surface area contributed by atoms with Gasteiger partial charge in [0.05, 0.1) is 11.2 Å². The molecule has 3 rings (SSSR count). The number of aromatic nitrogens is 1. The van der Waals surface area contributed by atoms with Gasteiger partial charge >= 0.3 is 5.97 Å². The molecule has 3 heteroatoms. The van der Waals surface area contributed by atoms with E-state index in [1.54, 1.807) is 0 Å². The van der Waals surface area contributed by atoms with E-state index in [1.165, 1.54) is 25.3 Å². The Bertz CT molecular complexity index is 652. The van der Waals surface area contributed by atoms with Crippen LogP contribution in [0.5, 0.6) is 5.75 Å². The van der Waals surface area contributed by atoms with E-state index in [-0.39, 0.29) is 5.97 Å². The molecular weight excluding hydrogens is 238 g/mol. The predicted octanol–water partition coefficient (Wildman–Crippen LogP) is 3.82. The van der Waals surface area contributed by atoms with Crippen molar-refractivity contribution < 1.29 is 9.53 Å². The number of allylic oxidation sites excluding steroid dienone is 2. The second kappa shape index (κ2) is 4.92. The molecule has 0 radical (unpaired) electrons. The van der Waals surface area contributed by atoms with Gasteiger partial charge in [-0.25, -0.2) is 0 Å². The minimum absolute atomic E-state index is 0.277.